The Morgan fingerprint density at radius 1 is 1.54 bits per heavy atom. The lowest BCUT2D eigenvalue weighted by Gasteiger charge is -2.38. The van der Waals surface area contributed by atoms with Gasteiger partial charge in [-0.05, 0) is 32.9 Å². The predicted octanol–water partition coefficient (Wildman–Crippen LogP) is 1.67. The number of carbonyl (C=O) groups excluding carboxylic acids is 1. The molecule has 1 rings (SSSR count). The highest BCUT2D eigenvalue weighted by atomic mass is 32.2. The highest BCUT2D eigenvalue weighted by molar-refractivity contribution is 7.99. The molecule has 1 aliphatic heterocycles. The van der Waals surface area contributed by atoms with E-state index in [1.165, 1.54) is 0 Å². The Bertz CT molecular complexity index is 194. The smallest absolute Gasteiger partial charge is 0.315 e. The van der Waals surface area contributed by atoms with E-state index in [1.807, 2.05) is 37.4 Å². The fourth-order valence-corrected chi connectivity index (χ4v) is 2.98. The fraction of sp³-hybridized carbons (Fsp3) is 0.889. The monoisotopic (exact) mass is 202 g/mol. The van der Waals surface area contributed by atoms with Crippen LogP contribution in [0.3, 0.4) is 0 Å². The molecule has 1 fully saturated rings. The molecule has 76 valence electrons. The molecule has 1 atom stereocenters. The summed E-state index contributed by atoms with van der Waals surface area (Å²) in [6, 6.07) is 0.0440. The molecule has 0 spiro atoms. The van der Waals surface area contributed by atoms with E-state index in [1.54, 1.807) is 0 Å². The molecule has 0 bridgehead atoms. The zero-order valence-electron chi connectivity index (χ0n) is 8.54. The maximum Gasteiger partial charge on any atom is 0.315 e. The number of hydrogen-bond donors (Lipinski definition) is 1. The van der Waals surface area contributed by atoms with Gasteiger partial charge < -0.3 is 10.6 Å². The molecule has 0 radical (unpaired) electrons. The van der Waals surface area contributed by atoms with Crippen LogP contribution >= 0.6 is 11.8 Å². The van der Waals surface area contributed by atoms with Gasteiger partial charge in [0.1, 0.15) is 0 Å². The maximum atomic E-state index is 11.3. The number of nitrogens with zero attached hydrogens (tertiary/aromatic N) is 1. The van der Waals surface area contributed by atoms with Crippen molar-refractivity contribution >= 4 is 17.8 Å². The van der Waals surface area contributed by atoms with Crippen LogP contribution in [0.25, 0.3) is 0 Å². The van der Waals surface area contributed by atoms with Gasteiger partial charge in [0.15, 0.2) is 0 Å². The van der Waals surface area contributed by atoms with E-state index in [2.05, 4.69) is 0 Å². The first-order chi connectivity index (χ1) is 5.93. The molecule has 0 saturated carbocycles. The summed E-state index contributed by atoms with van der Waals surface area (Å²) in [6.45, 7) is 6.09. The minimum absolute atomic E-state index is 0.151. The lowest BCUT2D eigenvalue weighted by atomic mass is 10.0. The Morgan fingerprint density at radius 3 is 2.46 bits per heavy atom. The first kappa shape index (κ1) is 10.7. The zero-order valence-corrected chi connectivity index (χ0v) is 9.36. The molecule has 3 nitrogen and oxygen atoms in total. The second-order valence-electron chi connectivity index (χ2n) is 4.40. The van der Waals surface area contributed by atoms with Crippen LogP contribution in [-0.2, 0) is 0 Å². The van der Waals surface area contributed by atoms with Crippen LogP contribution in [0.2, 0.25) is 0 Å². The molecule has 2 amide bonds. The number of amides is 2. The highest BCUT2D eigenvalue weighted by Gasteiger charge is 2.33. The van der Waals surface area contributed by atoms with Crippen molar-refractivity contribution in [3.8, 4) is 0 Å². The zero-order chi connectivity index (χ0) is 10.1. The third-order valence-electron chi connectivity index (χ3n) is 2.23. The molecule has 0 aromatic carbocycles. The van der Waals surface area contributed by atoms with Gasteiger partial charge in [-0.2, -0.15) is 11.8 Å². The first-order valence-corrected chi connectivity index (χ1v) is 5.75. The van der Waals surface area contributed by atoms with Crippen LogP contribution in [-0.4, -0.2) is 34.0 Å². The van der Waals surface area contributed by atoms with Crippen LogP contribution in [0.1, 0.15) is 27.2 Å². The molecule has 1 heterocycles. The van der Waals surface area contributed by atoms with Gasteiger partial charge in [-0.15, -0.1) is 0 Å². The van der Waals surface area contributed by atoms with Crippen molar-refractivity contribution in [3.05, 3.63) is 0 Å². The largest absolute Gasteiger partial charge is 0.351 e. The number of primary amides is 1. The SMILES string of the molecule is CC(C)(C)N(C(N)=O)[C@@H]1CCSC1. The molecule has 13 heavy (non-hydrogen) atoms. The number of nitrogens with two attached hydrogens (primary N) is 1. The van der Waals surface area contributed by atoms with Crippen molar-refractivity contribution in [1.29, 1.82) is 0 Å². The van der Waals surface area contributed by atoms with Gasteiger partial charge in [-0.3, -0.25) is 0 Å². The Balaban J connectivity index is 2.72. The van der Waals surface area contributed by atoms with Crippen LogP contribution < -0.4 is 5.73 Å². The van der Waals surface area contributed by atoms with E-state index in [-0.39, 0.29) is 11.6 Å². The second kappa shape index (κ2) is 3.78. The van der Waals surface area contributed by atoms with Gasteiger partial charge in [-0.25, -0.2) is 4.79 Å². The van der Waals surface area contributed by atoms with Crippen LogP contribution in [0.5, 0.6) is 0 Å². The molecule has 0 unspecified atom stereocenters. The first-order valence-electron chi connectivity index (χ1n) is 4.59. The van der Waals surface area contributed by atoms with Crippen LogP contribution in [0, 0.1) is 0 Å². The van der Waals surface area contributed by atoms with E-state index in [0.29, 0.717) is 6.04 Å². The summed E-state index contributed by atoms with van der Waals surface area (Å²) in [7, 11) is 0. The number of urea groups is 1. The summed E-state index contributed by atoms with van der Waals surface area (Å²) in [5, 5.41) is 0. The molecule has 2 N–H and O–H groups in total. The molecular weight excluding hydrogens is 184 g/mol. The summed E-state index contributed by atoms with van der Waals surface area (Å²) in [4.78, 5) is 13.1. The molecule has 1 aliphatic rings. The Kier molecular flexibility index (Phi) is 3.11. The van der Waals surface area contributed by atoms with Gasteiger partial charge in [0.2, 0.25) is 0 Å². The molecule has 0 aromatic heterocycles. The minimum atomic E-state index is -0.292. The van der Waals surface area contributed by atoms with Gasteiger partial charge in [0.05, 0.1) is 0 Å². The average Bonchev–Trinajstić information content (AvgIpc) is 2.34. The summed E-state index contributed by atoms with van der Waals surface area (Å²) in [5.41, 5.74) is 5.23. The summed E-state index contributed by atoms with van der Waals surface area (Å²) < 4.78 is 0. The predicted molar refractivity (Wildman–Crippen MR) is 56.9 cm³/mol. The van der Waals surface area contributed by atoms with Gasteiger partial charge in [0.25, 0.3) is 0 Å². The third kappa shape index (κ3) is 2.53. The van der Waals surface area contributed by atoms with E-state index in [4.69, 9.17) is 5.73 Å². The lowest BCUT2D eigenvalue weighted by molar-refractivity contribution is 0.124. The van der Waals surface area contributed by atoms with Gasteiger partial charge in [-0.1, -0.05) is 0 Å². The van der Waals surface area contributed by atoms with Gasteiger partial charge in [0, 0.05) is 17.3 Å². The number of rotatable bonds is 1. The summed E-state index contributed by atoms with van der Waals surface area (Å²) in [5.74, 6) is 2.17. The fourth-order valence-electron chi connectivity index (χ4n) is 1.78. The second-order valence-corrected chi connectivity index (χ2v) is 5.55. The normalized spacial score (nSPS) is 23.2. The number of hydrogen-bond acceptors (Lipinski definition) is 2. The Morgan fingerprint density at radius 2 is 2.15 bits per heavy atom. The average molecular weight is 202 g/mol. The Labute approximate surface area is 84.0 Å². The van der Waals surface area contributed by atoms with Crippen molar-refractivity contribution in [3.63, 3.8) is 0 Å². The molecule has 1 saturated heterocycles. The molecule has 4 heteroatoms. The van der Waals surface area contributed by atoms with Crippen molar-refractivity contribution < 1.29 is 4.79 Å². The number of carbonyl (C=O) groups is 1. The third-order valence-corrected chi connectivity index (χ3v) is 3.38. The Hall–Kier alpha value is -0.380. The van der Waals surface area contributed by atoms with Gasteiger partial charge >= 0.3 is 6.03 Å². The quantitative estimate of drug-likeness (QED) is 0.703. The minimum Gasteiger partial charge on any atom is -0.351 e. The van der Waals surface area contributed by atoms with Crippen molar-refractivity contribution in [1.82, 2.24) is 4.90 Å². The highest BCUT2D eigenvalue weighted by Crippen LogP contribution is 2.27. The molecule has 0 aliphatic carbocycles. The van der Waals surface area contributed by atoms with Crippen molar-refractivity contribution in [2.45, 2.75) is 38.8 Å². The molecule has 0 aromatic rings. The summed E-state index contributed by atoms with van der Waals surface area (Å²) in [6.07, 6.45) is 1.07. The van der Waals surface area contributed by atoms with E-state index >= 15 is 0 Å². The van der Waals surface area contributed by atoms with Crippen molar-refractivity contribution in [2.75, 3.05) is 11.5 Å². The van der Waals surface area contributed by atoms with Crippen LogP contribution in [0.15, 0.2) is 0 Å². The molecular formula is C9H18N2OS. The standard InChI is InChI=1S/C9H18N2OS/c1-9(2,3)11(8(10)12)7-4-5-13-6-7/h7H,4-6H2,1-3H3,(H2,10,12)/t7-/m1/s1. The van der Waals surface area contributed by atoms with E-state index < -0.39 is 0 Å². The summed E-state index contributed by atoms with van der Waals surface area (Å²) >= 11 is 1.89. The van der Waals surface area contributed by atoms with E-state index in [9.17, 15) is 4.79 Å². The van der Waals surface area contributed by atoms with E-state index in [0.717, 1.165) is 17.9 Å². The maximum absolute atomic E-state index is 11.3. The lowest BCUT2D eigenvalue weighted by Crippen LogP contribution is -2.54. The van der Waals surface area contributed by atoms with Crippen molar-refractivity contribution in [2.24, 2.45) is 5.73 Å². The number of thioether (sulfide) groups is 1. The topological polar surface area (TPSA) is 46.3 Å². The van der Waals surface area contributed by atoms with Crippen LogP contribution in [0.4, 0.5) is 4.79 Å².